The van der Waals surface area contributed by atoms with E-state index in [0.29, 0.717) is 0 Å². The van der Waals surface area contributed by atoms with Crippen LogP contribution in [0.2, 0.25) is 0 Å². The number of carbonyl (C=O) groups excluding carboxylic acids is 1. The summed E-state index contributed by atoms with van der Waals surface area (Å²) in [4.78, 5) is 12.2. The van der Waals surface area contributed by atoms with Gasteiger partial charge in [-0.3, -0.25) is 4.79 Å². The summed E-state index contributed by atoms with van der Waals surface area (Å²) in [7, 11) is 0. The van der Waals surface area contributed by atoms with Gasteiger partial charge in [0, 0.05) is 15.2 Å². The summed E-state index contributed by atoms with van der Waals surface area (Å²) in [5, 5.41) is 3.07. The molecule has 1 aromatic carbocycles. The molecule has 0 aliphatic rings. The summed E-state index contributed by atoms with van der Waals surface area (Å²) >= 11 is 2.27. The van der Waals surface area contributed by atoms with Gasteiger partial charge in [0.2, 0.25) is 5.91 Å². The summed E-state index contributed by atoms with van der Waals surface area (Å²) in [6, 6.07) is 6.13. The van der Waals surface area contributed by atoms with E-state index in [-0.39, 0.29) is 11.8 Å². The number of aryl methyl sites for hydroxylation is 1. The van der Waals surface area contributed by atoms with Crippen LogP contribution in [0.4, 0.5) is 5.69 Å². The van der Waals surface area contributed by atoms with Gasteiger partial charge in [-0.1, -0.05) is 32.8 Å². The van der Waals surface area contributed by atoms with Gasteiger partial charge in [-0.15, -0.1) is 0 Å². The van der Waals surface area contributed by atoms with Crippen molar-refractivity contribution in [2.24, 2.45) is 5.92 Å². The summed E-state index contributed by atoms with van der Waals surface area (Å²) < 4.78 is 1.15. The number of hydrogen-bond donors (Lipinski definition) is 1. The molecule has 1 unspecified atom stereocenters. The maximum absolute atomic E-state index is 12.2. The molecule has 18 heavy (non-hydrogen) atoms. The minimum absolute atomic E-state index is 0.141. The van der Waals surface area contributed by atoms with Gasteiger partial charge in [-0.25, -0.2) is 0 Å². The number of halogens is 1. The normalized spacial score (nSPS) is 12.2. The Bertz CT molecular complexity index is 403. The van der Waals surface area contributed by atoms with Crippen molar-refractivity contribution in [3.63, 3.8) is 0 Å². The molecule has 100 valence electrons. The second-order valence-corrected chi connectivity index (χ2v) is 5.94. The lowest BCUT2D eigenvalue weighted by Gasteiger charge is -2.16. The van der Waals surface area contributed by atoms with Gasteiger partial charge < -0.3 is 5.32 Å². The van der Waals surface area contributed by atoms with E-state index >= 15 is 0 Å². The predicted molar refractivity (Wildman–Crippen MR) is 85.8 cm³/mol. The quantitative estimate of drug-likeness (QED) is 0.730. The molecule has 0 saturated carbocycles. The van der Waals surface area contributed by atoms with Gasteiger partial charge in [-0.2, -0.15) is 0 Å². The van der Waals surface area contributed by atoms with Crippen molar-refractivity contribution < 1.29 is 4.79 Å². The van der Waals surface area contributed by atoms with Gasteiger partial charge in [0.05, 0.1) is 0 Å². The molecule has 1 amide bonds. The first-order valence-electron chi connectivity index (χ1n) is 6.65. The number of amides is 1. The molecule has 0 saturated heterocycles. The topological polar surface area (TPSA) is 29.1 Å². The second-order valence-electron chi connectivity index (χ2n) is 4.70. The molecule has 1 rings (SSSR count). The lowest BCUT2D eigenvalue weighted by molar-refractivity contribution is -0.120. The van der Waals surface area contributed by atoms with Crippen LogP contribution in [0.25, 0.3) is 0 Å². The number of benzene rings is 1. The molecule has 2 nitrogen and oxygen atoms in total. The van der Waals surface area contributed by atoms with Crippen LogP contribution in [0.5, 0.6) is 0 Å². The lowest BCUT2D eigenvalue weighted by Crippen LogP contribution is -2.22. The molecule has 0 aromatic heterocycles. The fourth-order valence-electron chi connectivity index (χ4n) is 1.93. The van der Waals surface area contributed by atoms with Gasteiger partial charge in [0.25, 0.3) is 0 Å². The summed E-state index contributed by atoms with van der Waals surface area (Å²) in [5.74, 6) is 0.304. The molecule has 0 radical (unpaired) electrons. The fourth-order valence-corrected chi connectivity index (χ4v) is 2.43. The number of nitrogens with one attached hydrogen (secondary N) is 1. The Morgan fingerprint density at radius 2 is 2.11 bits per heavy atom. The van der Waals surface area contributed by atoms with E-state index < -0.39 is 0 Å². The van der Waals surface area contributed by atoms with Crippen LogP contribution in [-0.2, 0) is 4.79 Å². The van der Waals surface area contributed by atoms with Gasteiger partial charge >= 0.3 is 0 Å². The van der Waals surface area contributed by atoms with Crippen molar-refractivity contribution >= 4 is 34.2 Å². The third-order valence-electron chi connectivity index (χ3n) is 3.23. The predicted octanol–water partition coefficient (Wildman–Crippen LogP) is 4.75. The van der Waals surface area contributed by atoms with Gasteiger partial charge in [-0.05, 0) is 60.1 Å². The maximum Gasteiger partial charge on any atom is 0.227 e. The molecule has 0 aliphatic heterocycles. The summed E-state index contributed by atoms with van der Waals surface area (Å²) in [6.45, 7) is 6.27. The standard InChI is InChI=1S/C15H22INO/c1-4-6-7-12(5-2)15(18)17-14-10-13(16)9-8-11(14)3/h8-10,12H,4-7H2,1-3H3,(H,17,18). The average Bonchev–Trinajstić information content (AvgIpc) is 2.35. The fraction of sp³-hybridized carbons (Fsp3) is 0.533. The molecule has 1 N–H and O–H groups in total. The van der Waals surface area contributed by atoms with E-state index in [1.165, 1.54) is 0 Å². The number of rotatable bonds is 6. The molecule has 3 heteroatoms. The zero-order valence-electron chi connectivity index (χ0n) is 11.4. The number of anilines is 1. The first-order valence-corrected chi connectivity index (χ1v) is 7.73. The molecule has 0 fully saturated rings. The zero-order chi connectivity index (χ0) is 13.5. The largest absolute Gasteiger partial charge is 0.326 e. The van der Waals surface area contributed by atoms with Gasteiger partial charge in [0.1, 0.15) is 0 Å². The van der Waals surface area contributed by atoms with Crippen molar-refractivity contribution in [2.75, 3.05) is 5.32 Å². The number of hydrogen-bond acceptors (Lipinski definition) is 1. The van der Waals surface area contributed by atoms with E-state index in [9.17, 15) is 4.79 Å². The first-order chi connectivity index (χ1) is 8.58. The second kappa shape index (κ2) is 7.77. The van der Waals surface area contributed by atoms with Crippen LogP contribution >= 0.6 is 22.6 Å². The monoisotopic (exact) mass is 359 g/mol. The Morgan fingerprint density at radius 3 is 2.72 bits per heavy atom. The molecule has 0 spiro atoms. The molecule has 0 aliphatic carbocycles. The van der Waals surface area contributed by atoms with Crippen LogP contribution in [0.15, 0.2) is 18.2 Å². The van der Waals surface area contributed by atoms with E-state index in [1.54, 1.807) is 0 Å². The molecular weight excluding hydrogens is 337 g/mol. The first kappa shape index (κ1) is 15.5. The van der Waals surface area contributed by atoms with Crippen molar-refractivity contribution in [1.82, 2.24) is 0 Å². The average molecular weight is 359 g/mol. The van der Waals surface area contributed by atoms with E-state index in [1.807, 2.05) is 19.1 Å². The van der Waals surface area contributed by atoms with Crippen molar-refractivity contribution in [3.05, 3.63) is 27.3 Å². The van der Waals surface area contributed by atoms with Crippen molar-refractivity contribution in [2.45, 2.75) is 46.5 Å². The maximum atomic E-state index is 12.2. The minimum atomic E-state index is 0.141. The Balaban J connectivity index is 2.70. The minimum Gasteiger partial charge on any atom is -0.326 e. The Kier molecular flexibility index (Phi) is 6.68. The lowest BCUT2D eigenvalue weighted by atomic mass is 9.98. The SMILES string of the molecule is CCCCC(CC)C(=O)Nc1cc(I)ccc1C. The van der Waals surface area contributed by atoms with Crippen molar-refractivity contribution in [3.8, 4) is 0 Å². The Hall–Kier alpha value is -0.580. The van der Waals surface area contributed by atoms with Crippen LogP contribution in [-0.4, -0.2) is 5.91 Å². The highest BCUT2D eigenvalue weighted by Gasteiger charge is 2.16. The number of unbranched alkanes of at least 4 members (excludes halogenated alkanes) is 1. The number of carbonyl (C=O) groups is 1. The van der Waals surface area contributed by atoms with E-state index in [4.69, 9.17) is 0 Å². The smallest absolute Gasteiger partial charge is 0.227 e. The molecule has 0 bridgehead atoms. The summed E-state index contributed by atoms with van der Waals surface area (Å²) in [5.41, 5.74) is 2.07. The third-order valence-corrected chi connectivity index (χ3v) is 3.90. The highest BCUT2D eigenvalue weighted by Crippen LogP contribution is 2.21. The highest BCUT2D eigenvalue weighted by molar-refractivity contribution is 14.1. The van der Waals surface area contributed by atoms with E-state index in [0.717, 1.165) is 40.5 Å². The third kappa shape index (κ3) is 4.59. The highest BCUT2D eigenvalue weighted by atomic mass is 127. The van der Waals surface area contributed by atoms with Crippen molar-refractivity contribution in [1.29, 1.82) is 0 Å². The molecule has 1 aromatic rings. The molecule has 0 heterocycles. The van der Waals surface area contributed by atoms with Crippen LogP contribution in [0.3, 0.4) is 0 Å². The van der Waals surface area contributed by atoms with Crippen LogP contribution in [0, 0.1) is 16.4 Å². The summed E-state index contributed by atoms with van der Waals surface area (Å²) in [6.07, 6.45) is 4.17. The van der Waals surface area contributed by atoms with Crippen LogP contribution in [0.1, 0.15) is 45.1 Å². The zero-order valence-corrected chi connectivity index (χ0v) is 13.6. The Morgan fingerprint density at radius 1 is 1.39 bits per heavy atom. The van der Waals surface area contributed by atoms with Crippen LogP contribution < -0.4 is 5.32 Å². The van der Waals surface area contributed by atoms with Gasteiger partial charge in [0.15, 0.2) is 0 Å². The molecular formula is C15H22INO. The Labute approximate surface area is 124 Å². The van der Waals surface area contributed by atoms with E-state index in [2.05, 4.69) is 47.8 Å². The molecule has 1 atom stereocenters.